The monoisotopic (exact) mass is 364 g/mol. The van der Waals surface area contributed by atoms with Crippen LogP contribution in [0.1, 0.15) is 15.9 Å². The second-order valence-corrected chi connectivity index (χ2v) is 5.56. The third-order valence-corrected chi connectivity index (χ3v) is 3.56. The summed E-state index contributed by atoms with van der Waals surface area (Å²) in [5, 5.41) is 2.81. The fourth-order valence-corrected chi connectivity index (χ4v) is 2.40. The Bertz CT molecular complexity index is 704. The van der Waals surface area contributed by atoms with Gasteiger partial charge in [0.25, 0.3) is 5.91 Å². The Morgan fingerprint density at radius 1 is 1.24 bits per heavy atom. The lowest BCUT2D eigenvalue weighted by molar-refractivity contribution is 0.102. The van der Waals surface area contributed by atoms with Crippen LogP contribution in [0.25, 0.3) is 0 Å². The molecule has 2 rings (SSSR count). The van der Waals surface area contributed by atoms with Gasteiger partial charge >= 0.3 is 0 Å². The normalized spacial score (nSPS) is 10.0. The van der Waals surface area contributed by atoms with Gasteiger partial charge in [-0.3, -0.25) is 4.79 Å². The molecule has 0 unspecified atom stereocenters. The molecule has 3 N–H and O–H groups in total. The lowest BCUT2D eigenvalue weighted by Gasteiger charge is -2.12. The molecule has 0 heterocycles. The summed E-state index contributed by atoms with van der Waals surface area (Å²) in [5.41, 5.74) is 7.27. The van der Waals surface area contributed by atoms with Crippen molar-refractivity contribution in [1.29, 1.82) is 0 Å². The van der Waals surface area contributed by atoms with E-state index in [-0.39, 0.29) is 10.9 Å². The first kappa shape index (κ1) is 15.5. The van der Waals surface area contributed by atoms with E-state index in [1.807, 2.05) is 6.07 Å². The van der Waals surface area contributed by atoms with E-state index in [2.05, 4.69) is 21.2 Å². The van der Waals surface area contributed by atoms with E-state index < -0.39 is 0 Å². The zero-order chi connectivity index (χ0) is 15.4. The molecule has 0 atom stereocenters. The molecule has 6 heteroatoms. The van der Waals surface area contributed by atoms with Crippen LogP contribution in [0.5, 0.6) is 5.75 Å². The van der Waals surface area contributed by atoms with Crippen molar-refractivity contribution >= 4 is 44.7 Å². The second-order valence-electron chi connectivity index (χ2n) is 4.21. The Morgan fingerprint density at radius 2 is 1.95 bits per heavy atom. The van der Waals surface area contributed by atoms with E-state index in [1.165, 1.54) is 7.11 Å². The number of methoxy groups -OCH3 is 1. The van der Waals surface area contributed by atoms with E-state index >= 15 is 0 Å². The maximum absolute atomic E-state index is 12.4. The number of hydrogen-bond acceptors (Lipinski definition) is 3. The Labute approximate surface area is 136 Å². The van der Waals surface area contributed by atoms with E-state index in [9.17, 15) is 4.79 Å². The van der Waals surface area contributed by atoms with Gasteiger partial charge in [-0.15, -0.1) is 0 Å². The van der Waals surface area contributed by atoms with Crippen molar-refractivity contribution in [1.82, 2.24) is 0 Å². The predicted octanol–water partition coefficient (Wildman–Crippen LogP) is 3.34. The summed E-state index contributed by atoms with van der Waals surface area (Å²) in [7, 11) is 1.52. The van der Waals surface area contributed by atoms with Crippen LogP contribution in [-0.4, -0.2) is 18.0 Å². The van der Waals surface area contributed by atoms with Crippen LogP contribution in [0.4, 0.5) is 5.69 Å². The highest BCUT2D eigenvalue weighted by molar-refractivity contribution is 9.10. The van der Waals surface area contributed by atoms with Crippen molar-refractivity contribution in [3.63, 3.8) is 0 Å². The number of thiocarbonyl (C=S) groups is 1. The summed E-state index contributed by atoms with van der Waals surface area (Å²) in [4.78, 5) is 12.6. The number of benzene rings is 2. The van der Waals surface area contributed by atoms with Gasteiger partial charge in [-0.1, -0.05) is 40.3 Å². The number of nitrogens with one attached hydrogen (secondary N) is 1. The molecule has 0 aliphatic rings. The van der Waals surface area contributed by atoms with Crippen LogP contribution >= 0.6 is 28.1 Å². The maximum atomic E-state index is 12.4. The van der Waals surface area contributed by atoms with Crippen molar-refractivity contribution in [3.8, 4) is 5.75 Å². The number of halogens is 1. The number of carbonyl (C=O) groups excluding carboxylic acids is 1. The molecule has 0 radical (unpaired) electrons. The molecule has 0 aliphatic heterocycles. The van der Waals surface area contributed by atoms with Crippen LogP contribution in [-0.2, 0) is 0 Å². The van der Waals surface area contributed by atoms with Crippen LogP contribution in [0.15, 0.2) is 46.9 Å². The van der Waals surface area contributed by atoms with Gasteiger partial charge in [0.05, 0.1) is 18.4 Å². The van der Waals surface area contributed by atoms with Crippen molar-refractivity contribution < 1.29 is 9.53 Å². The second kappa shape index (κ2) is 6.69. The van der Waals surface area contributed by atoms with Gasteiger partial charge < -0.3 is 15.8 Å². The number of para-hydroxylation sites is 1. The van der Waals surface area contributed by atoms with Gasteiger partial charge in [-0.2, -0.15) is 0 Å². The number of ether oxygens (including phenoxy) is 1. The van der Waals surface area contributed by atoms with E-state index in [1.54, 1.807) is 36.4 Å². The lowest BCUT2D eigenvalue weighted by Crippen LogP contribution is -2.18. The molecule has 0 fully saturated rings. The highest BCUT2D eigenvalue weighted by Crippen LogP contribution is 2.24. The molecule has 2 aromatic carbocycles. The number of carbonyl (C=O) groups is 1. The Hall–Kier alpha value is -1.92. The van der Waals surface area contributed by atoms with Gasteiger partial charge in [-0.25, -0.2) is 0 Å². The number of amides is 1. The van der Waals surface area contributed by atoms with Crippen LogP contribution in [0.2, 0.25) is 0 Å². The summed E-state index contributed by atoms with van der Waals surface area (Å²) >= 11 is 8.36. The van der Waals surface area contributed by atoms with Crippen LogP contribution in [0, 0.1) is 0 Å². The molecule has 1 amide bonds. The standard InChI is InChI=1S/C15H13BrN2O2S/c1-20-13-5-3-2-4-11(13)15(19)18-12-8-9(16)6-7-10(12)14(17)21/h2-8H,1H3,(H2,17,21)(H,18,19). The van der Waals surface area contributed by atoms with Gasteiger partial charge in [0.1, 0.15) is 10.7 Å². The highest BCUT2D eigenvalue weighted by Gasteiger charge is 2.14. The van der Waals surface area contributed by atoms with Gasteiger partial charge in [-0.05, 0) is 30.3 Å². The zero-order valence-corrected chi connectivity index (χ0v) is 13.6. The molecule has 0 bridgehead atoms. The van der Waals surface area contributed by atoms with Crippen LogP contribution in [0.3, 0.4) is 0 Å². The first-order valence-corrected chi connectivity index (χ1v) is 7.26. The van der Waals surface area contributed by atoms with Crippen molar-refractivity contribution in [2.75, 3.05) is 12.4 Å². The molecule has 0 saturated heterocycles. The van der Waals surface area contributed by atoms with Crippen LogP contribution < -0.4 is 15.8 Å². The number of anilines is 1. The SMILES string of the molecule is COc1ccccc1C(=O)Nc1cc(Br)ccc1C(N)=S. The summed E-state index contributed by atoms with van der Waals surface area (Å²) in [6.45, 7) is 0. The first-order valence-electron chi connectivity index (χ1n) is 6.06. The topological polar surface area (TPSA) is 64.3 Å². The summed E-state index contributed by atoms with van der Waals surface area (Å²) in [6, 6.07) is 12.3. The fourth-order valence-electron chi connectivity index (χ4n) is 1.86. The lowest BCUT2D eigenvalue weighted by atomic mass is 10.1. The average Bonchev–Trinajstić information content (AvgIpc) is 2.46. The summed E-state index contributed by atoms with van der Waals surface area (Å²) in [6.07, 6.45) is 0. The maximum Gasteiger partial charge on any atom is 0.259 e. The molecule has 0 saturated carbocycles. The van der Waals surface area contributed by atoms with E-state index in [4.69, 9.17) is 22.7 Å². The minimum atomic E-state index is -0.289. The molecule has 0 spiro atoms. The Balaban J connectivity index is 2.36. The minimum absolute atomic E-state index is 0.220. The molecule has 2 aromatic rings. The molecular formula is C15H13BrN2O2S. The highest BCUT2D eigenvalue weighted by atomic mass is 79.9. The van der Waals surface area contributed by atoms with Crippen molar-refractivity contribution in [2.45, 2.75) is 0 Å². The molecule has 108 valence electrons. The molecule has 4 nitrogen and oxygen atoms in total. The van der Waals surface area contributed by atoms with Gasteiger partial charge in [0, 0.05) is 10.0 Å². The number of hydrogen-bond donors (Lipinski definition) is 2. The van der Waals surface area contributed by atoms with Crippen molar-refractivity contribution in [2.24, 2.45) is 5.73 Å². The van der Waals surface area contributed by atoms with Gasteiger partial charge in [0.2, 0.25) is 0 Å². The van der Waals surface area contributed by atoms with Crippen molar-refractivity contribution in [3.05, 3.63) is 58.1 Å². The molecular weight excluding hydrogens is 352 g/mol. The number of nitrogens with two attached hydrogens (primary N) is 1. The summed E-state index contributed by atoms with van der Waals surface area (Å²) in [5.74, 6) is 0.213. The largest absolute Gasteiger partial charge is 0.496 e. The zero-order valence-electron chi connectivity index (χ0n) is 11.2. The minimum Gasteiger partial charge on any atom is -0.496 e. The van der Waals surface area contributed by atoms with Gasteiger partial charge in [0.15, 0.2) is 0 Å². The smallest absolute Gasteiger partial charge is 0.259 e. The fraction of sp³-hybridized carbons (Fsp3) is 0.0667. The molecule has 21 heavy (non-hydrogen) atoms. The third-order valence-electron chi connectivity index (χ3n) is 2.85. The first-order chi connectivity index (χ1) is 10.0. The van der Waals surface area contributed by atoms with E-state index in [0.29, 0.717) is 22.6 Å². The quantitative estimate of drug-likeness (QED) is 0.816. The molecule has 0 aliphatic carbocycles. The van der Waals surface area contributed by atoms with E-state index in [0.717, 1.165) is 4.47 Å². The molecule has 0 aromatic heterocycles. The summed E-state index contributed by atoms with van der Waals surface area (Å²) < 4.78 is 6.00. The third kappa shape index (κ3) is 3.59. The predicted molar refractivity (Wildman–Crippen MR) is 91.0 cm³/mol. The Kier molecular flexibility index (Phi) is 4.93. The Morgan fingerprint density at radius 3 is 2.62 bits per heavy atom. The number of rotatable bonds is 4. The average molecular weight is 365 g/mol.